The summed E-state index contributed by atoms with van der Waals surface area (Å²) in [5.41, 5.74) is 6.26. The second-order valence-corrected chi connectivity index (χ2v) is 6.72. The topological polar surface area (TPSA) is 43.1 Å². The fraction of sp³-hybridized carbons (Fsp3) is 0.267. The molecule has 1 aliphatic carbocycles. The number of nitrogens with two attached hydrogens (primary N) is 1. The van der Waals surface area contributed by atoms with Crippen molar-refractivity contribution in [2.45, 2.75) is 25.7 Å². The largest absolute Gasteiger partial charge is 0.365 e. The van der Waals surface area contributed by atoms with Crippen LogP contribution in [-0.2, 0) is 11.8 Å². The highest BCUT2D eigenvalue weighted by Gasteiger charge is 2.37. The summed E-state index contributed by atoms with van der Waals surface area (Å²) in [5, 5.41) is 0. The Morgan fingerprint density at radius 2 is 1.95 bits per heavy atom. The molecule has 0 spiro atoms. The summed E-state index contributed by atoms with van der Waals surface area (Å²) in [6.07, 6.45) is 0.555. The minimum Gasteiger partial charge on any atom is -0.365 e. The van der Waals surface area contributed by atoms with Crippen LogP contribution in [0.3, 0.4) is 0 Å². The molecule has 2 N–H and O–H groups in total. The highest BCUT2D eigenvalue weighted by atomic mass is 32.1. The zero-order valence-corrected chi connectivity index (χ0v) is 11.9. The van der Waals surface area contributed by atoms with Crippen LogP contribution in [0.15, 0.2) is 18.2 Å². The number of primary amides is 1. The molecule has 0 aliphatic heterocycles. The molecule has 2 nitrogen and oxygen atoms in total. The quantitative estimate of drug-likeness (QED) is 0.857. The smallest absolute Gasteiger partial charge is 0.258 e. The van der Waals surface area contributed by atoms with Crippen molar-refractivity contribution in [1.29, 1.82) is 0 Å². The van der Waals surface area contributed by atoms with E-state index in [0.29, 0.717) is 21.7 Å². The maximum Gasteiger partial charge on any atom is 0.258 e. The van der Waals surface area contributed by atoms with Gasteiger partial charge in [0.05, 0.1) is 4.88 Å². The zero-order chi connectivity index (χ0) is 14.7. The molecule has 20 heavy (non-hydrogen) atoms. The molecular weight excluding hydrogens is 280 g/mol. The highest BCUT2D eigenvalue weighted by molar-refractivity contribution is 7.17. The van der Waals surface area contributed by atoms with Gasteiger partial charge in [-0.15, -0.1) is 11.3 Å². The van der Waals surface area contributed by atoms with Crippen LogP contribution >= 0.6 is 11.3 Å². The molecule has 3 rings (SSSR count). The van der Waals surface area contributed by atoms with Crippen molar-refractivity contribution in [2.75, 3.05) is 0 Å². The Morgan fingerprint density at radius 1 is 1.30 bits per heavy atom. The molecule has 0 fully saturated rings. The minimum atomic E-state index is -0.541. The van der Waals surface area contributed by atoms with E-state index in [0.717, 1.165) is 29.0 Å². The molecule has 104 valence electrons. The third kappa shape index (κ3) is 1.77. The maximum atomic E-state index is 14.2. The van der Waals surface area contributed by atoms with Crippen LogP contribution in [0.2, 0.25) is 0 Å². The van der Waals surface area contributed by atoms with Gasteiger partial charge >= 0.3 is 0 Å². The van der Waals surface area contributed by atoms with Gasteiger partial charge in [0.1, 0.15) is 11.6 Å². The van der Waals surface area contributed by atoms with Crippen LogP contribution < -0.4 is 5.73 Å². The molecule has 0 saturated heterocycles. The standard InChI is InChI=1S/C15H13F2NOS/c1-15(2)6-7-5-10(14(18)19)20-13(7)11-8(16)3-4-9(17)12(11)15/h3-5H,6H2,1-2H3,(H2,18,19). The Kier molecular flexibility index (Phi) is 2.73. The predicted octanol–water partition coefficient (Wildman–Crippen LogP) is 3.63. The number of fused-ring (bicyclic) bond motifs is 3. The van der Waals surface area contributed by atoms with Gasteiger partial charge in [-0.05, 0) is 35.6 Å². The van der Waals surface area contributed by atoms with Crippen LogP contribution in [0.5, 0.6) is 0 Å². The first-order chi connectivity index (χ1) is 9.31. The molecular formula is C15H13F2NOS. The summed E-state index contributed by atoms with van der Waals surface area (Å²) in [6.45, 7) is 3.75. The van der Waals surface area contributed by atoms with E-state index in [2.05, 4.69) is 0 Å². The second-order valence-electron chi connectivity index (χ2n) is 5.67. The van der Waals surface area contributed by atoms with Crippen molar-refractivity contribution in [2.24, 2.45) is 5.73 Å². The molecule has 0 unspecified atom stereocenters. The normalized spacial score (nSPS) is 15.6. The molecule has 1 aromatic heterocycles. The van der Waals surface area contributed by atoms with Crippen molar-refractivity contribution in [3.05, 3.63) is 45.8 Å². The van der Waals surface area contributed by atoms with Crippen LogP contribution in [0.25, 0.3) is 10.4 Å². The van der Waals surface area contributed by atoms with E-state index in [9.17, 15) is 13.6 Å². The van der Waals surface area contributed by atoms with Gasteiger partial charge in [0.15, 0.2) is 0 Å². The Morgan fingerprint density at radius 3 is 2.60 bits per heavy atom. The van der Waals surface area contributed by atoms with Crippen molar-refractivity contribution >= 4 is 17.2 Å². The van der Waals surface area contributed by atoms with E-state index in [-0.39, 0.29) is 5.56 Å². The first-order valence-corrected chi connectivity index (χ1v) is 7.04. The van der Waals surface area contributed by atoms with Crippen LogP contribution in [0.1, 0.15) is 34.6 Å². The van der Waals surface area contributed by atoms with Crippen LogP contribution in [0, 0.1) is 11.6 Å². The van der Waals surface area contributed by atoms with Crippen molar-refractivity contribution in [3.63, 3.8) is 0 Å². The molecule has 0 radical (unpaired) electrons. The average Bonchev–Trinajstić information content (AvgIpc) is 2.75. The van der Waals surface area contributed by atoms with E-state index in [1.54, 1.807) is 6.07 Å². The lowest BCUT2D eigenvalue weighted by Gasteiger charge is -2.32. The van der Waals surface area contributed by atoms with Gasteiger partial charge in [0, 0.05) is 16.0 Å². The van der Waals surface area contributed by atoms with Gasteiger partial charge in [0.2, 0.25) is 0 Å². The second kappa shape index (κ2) is 4.12. The summed E-state index contributed by atoms with van der Waals surface area (Å²) in [6, 6.07) is 3.98. The lowest BCUT2D eigenvalue weighted by atomic mass is 9.72. The van der Waals surface area contributed by atoms with E-state index < -0.39 is 23.0 Å². The van der Waals surface area contributed by atoms with Crippen molar-refractivity contribution in [1.82, 2.24) is 0 Å². The van der Waals surface area contributed by atoms with Gasteiger partial charge in [-0.25, -0.2) is 8.78 Å². The lowest BCUT2D eigenvalue weighted by molar-refractivity contribution is 0.100. The third-order valence-corrected chi connectivity index (χ3v) is 4.90. The summed E-state index contributed by atoms with van der Waals surface area (Å²) < 4.78 is 28.4. The van der Waals surface area contributed by atoms with E-state index in [1.165, 1.54) is 0 Å². The SMILES string of the molecule is CC1(C)Cc2cc(C(N)=O)sc2-c2c(F)ccc(F)c21. The molecule has 1 heterocycles. The van der Waals surface area contributed by atoms with Gasteiger partial charge in [-0.2, -0.15) is 0 Å². The summed E-state index contributed by atoms with van der Waals surface area (Å²) in [5.74, 6) is -1.42. The lowest BCUT2D eigenvalue weighted by Crippen LogP contribution is -2.27. The molecule has 5 heteroatoms. The molecule has 1 aromatic carbocycles. The third-order valence-electron chi connectivity index (χ3n) is 3.69. The monoisotopic (exact) mass is 293 g/mol. The number of amides is 1. The Hall–Kier alpha value is -1.75. The first kappa shape index (κ1) is 13.2. The predicted molar refractivity (Wildman–Crippen MR) is 74.9 cm³/mol. The maximum absolute atomic E-state index is 14.2. The summed E-state index contributed by atoms with van der Waals surface area (Å²) >= 11 is 1.13. The number of hydrogen-bond donors (Lipinski definition) is 1. The summed E-state index contributed by atoms with van der Waals surface area (Å²) in [4.78, 5) is 12.3. The molecule has 0 atom stereocenters. The molecule has 0 bridgehead atoms. The van der Waals surface area contributed by atoms with E-state index in [1.807, 2.05) is 13.8 Å². The molecule has 1 amide bonds. The number of benzene rings is 1. The number of halogens is 2. The van der Waals surface area contributed by atoms with Crippen molar-refractivity contribution < 1.29 is 13.6 Å². The van der Waals surface area contributed by atoms with E-state index in [4.69, 9.17) is 5.73 Å². The minimum absolute atomic E-state index is 0.272. The fourth-order valence-corrected chi connectivity index (χ4v) is 3.98. The number of thiophene rings is 1. The fourth-order valence-electron chi connectivity index (χ4n) is 2.89. The van der Waals surface area contributed by atoms with Crippen molar-refractivity contribution in [3.8, 4) is 10.4 Å². The number of rotatable bonds is 1. The molecule has 1 aliphatic rings. The number of hydrogen-bond acceptors (Lipinski definition) is 2. The van der Waals surface area contributed by atoms with Gasteiger partial charge in [-0.1, -0.05) is 13.8 Å². The van der Waals surface area contributed by atoms with E-state index >= 15 is 0 Å². The zero-order valence-electron chi connectivity index (χ0n) is 11.1. The number of carbonyl (C=O) groups excluding carboxylic acids is 1. The van der Waals surface area contributed by atoms with Crippen LogP contribution in [0.4, 0.5) is 8.78 Å². The highest BCUT2D eigenvalue weighted by Crippen LogP contribution is 2.48. The van der Waals surface area contributed by atoms with Gasteiger partial charge in [-0.3, -0.25) is 4.79 Å². The Labute approximate surface area is 119 Å². The molecule has 2 aromatic rings. The molecule has 0 saturated carbocycles. The number of carbonyl (C=O) groups is 1. The Balaban J connectivity index is 2.36. The first-order valence-electron chi connectivity index (χ1n) is 6.22. The van der Waals surface area contributed by atoms with Crippen LogP contribution in [-0.4, -0.2) is 5.91 Å². The van der Waals surface area contributed by atoms with Gasteiger partial charge < -0.3 is 5.73 Å². The summed E-state index contributed by atoms with van der Waals surface area (Å²) in [7, 11) is 0. The van der Waals surface area contributed by atoms with Gasteiger partial charge in [0.25, 0.3) is 5.91 Å². The average molecular weight is 293 g/mol. The Bertz CT molecular complexity index is 734.